The van der Waals surface area contributed by atoms with Crippen LogP contribution in [0.4, 0.5) is 5.82 Å². The van der Waals surface area contributed by atoms with Crippen molar-refractivity contribution < 1.29 is 9.59 Å². The van der Waals surface area contributed by atoms with Crippen LogP contribution in [-0.2, 0) is 0 Å². The number of hydrogen-bond donors (Lipinski definition) is 1. The zero-order chi connectivity index (χ0) is 16.9. The summed E-state index contributed by atoms with van der Waals surface area (Å²) in [6.45, 7) is 3.28. The second-order valence-electron chi connectivity index (χ2n) is 5.73. The molecular formula is C17H20N4O2S. The molecule has 1 fully saturated rings. The third-order valence-corrected chi connectivity index (χ3v) is 5.02. The van der Waals surface area contributed by atoms with E-state index in [9.17, 15) is 9.59 Å². The van der Waals surface area contributed by atoms with E-state index in [4.69, 9.17) is 0 Å². The Morgan fingerprint density at radius 2 is 2.21 bits per heavy atom. The molecule has 1 aliphatic rings. The van der Waals surface area contributed by atoms with E-state index < -0.39 is 0 Å². The molecule has 1 atom stereocenters. The average molecular weight is 344 g/mol. The Balaban J connectivity index is 1.69. The standard InChI is InChI=1S/C17H20N4O2S/c1-2-18-17(23)13-7-8-16(20-19-13)21-9-3-5-12(21)11-14(22)15-6-4-10-24-15/h4,6-8,10,12H,2-3,5,9,11H2,1H3,(H,18,23)/t12-/m1/s1. The zero-order valence-electron chi connectivity index (χ0n) is 13.6. The highest BCUT2D eigenvalue weighted by molar-refractivity contribution is 7.12. The predicted molar refractivity (Wildman–Crippen MR) is 93.7 cm³/mol. The van der Waals surface area contributed by atoms with Crippen LogP contribution in [0.2, 0.25) is 0 Å². The van der Waals surface area contributed by atoms with Gasteiger partial charge >= 0.3 is 0 Å². The van der Waals surface area contributed by atoms with Crippen molar-refractivity contribution in [3.05, 3.63) is 40.2 Å². The topological polar surface area (TPSA) is 75.2 Å². The molecule has 24 heavy (non-hydrogen) atoms. The Hall–Kier alpha value is -2.28. The SMILES string of the molecule is CCNC(=O)c1ccc(N2CCC[C@@H]2CC(=O)c2cccs2)nn1. The summed E-state index contributed by atoms with van der Waals surface area (Å²) in [5, 5.41) is 12.8. The first-order chi connectivity index (χ1) is 11.7. The van der Waals surface area contributed by atoms with Crippen molar-refractivity contribution in [2.75, 3.05) is 18.0 Å². The first-order valence-corrected chi connectivity index (χ1v) is 9.02. The Kier molecular flexibility index (Phi) is 5.20. The lowest BCUT2D eigenvalue weighted by molar-refractivity contribution is 0.0948. The summed E-state index contributed by atoms with van der Waals surface area (Å²) in [7, 11) is 0. The number of Topliss-reactive ketones (excluding diaryl/α,β-unsaturated/α-hetero) is 1. The lowest BCUT2D eigenvalue weighted by Crippen LogP contribution is -2.32. The number of ketones is 1. The molecule has 0 spiro atoms. The minimum atomic E-state index is -0.220. The molecule has 1 amide bonds. The van der Waals surface area contributed by atoms with Crippen molar-refractivity contribution in [2.24, 2.45) is 0 Å². The minimum Gasteiger partial charge on any atom is -0.352 e. The lowest BCUT2D eigenvalue weighted by atomic mass is 10.1. The highest BCUT2D eigenvalue weighted by Crippen LogP contribution is 2.27. The molecule has 1 saturated heterocycles. The van der Waals surface area contributed by atoms with Gasteiger partial charge in [0.1, 0.15) is 0 Å². The molecule has 0 bridgehead atoms. The van der Waals surface area contributed by atoms with Crippen molar-refractivity contribution in [1.29, 1.82) is 0 Å². The number of hydrogen-bond acceptors (Lipinski definition) is 6. The number of carbonyl (C=O) groups excluding carboxylic acids is 2. The maximum absolute atomic E-state index is 12.3. The number of thiophene rings is 1. The van der Waals surface area contributed by atoms with Crippen molar-refractivity contribution in [2.45, 2.75) is 32.2 Å². The number of aromatic nitrogens is 2. The third-order valence-electron chi connectivity index (χ3n) is 4.11. The van der Waals surface area contributed by atoms with E-state index in [1.165, 1.54) is 11.3 Å². The maximum atomic E-state index is 12.3. The molecule has 6 nitrogen and oxygen atoms in total. The summed E-state index contributed by atoms with van der Waals surface area (Å²) in [4.78, 5) is 27.0. The molecule has 3 heterocycles. The van der Waals surface area contributed by atoms with Gasteiger partial charge in [-0.2, -0.15) is 0 Å². The lowest BCUT2D eigenvalue weighted by Gasteiger charge is -2.24. The van der Waals surface area contributed by atoms with Crippen LogP contribution in [-0.4, -0.2) is 41.0 Å². The number of anilines is 1. The highest BCUT2D eigenvalue weighted by Gasteiger charge is 2.28. The molecule has 0 aromatic carbocycles. The van der Waals surface area contributed by atoms with E-state index >= 15 is 0 Å². The fraction of sp³-hybridized carbons (Fsp3) is 0.412. The first-order valence-electron chi connectivity index (χ1n) is 8.14. The Labute approximate surface area is 144 Å². The van der Waals surface area contributed by atoms with Gasteiger partial charge in [0.25, 0.3) is 5.91 Å². The van der Waals surface area contributed by atoms with E-state index in [1.54, 1.807) is 6.07 Å². The molecule has 0 unspecified atom stereocenters. The van der Waals surface area contributed by atoms with Crippen molar-refractivity contribution in [3.8, 4) is 0 Å². The van der Waals surface area contributed by atoms with E-state index in [-0.39, 0.29) is 17.7 Å². The fourth-order valence-electron chi connectivity index (χ4n) is 2.95. The quantitative estimate of drug-likeness (QED) is 0.815. The molecule has 2 aromatic rings. The molecule has 3 rings (SSSR count). The van der Waals surface area contributed by atoms with E-state index in [0.29, 0.717) is 18.7 Å². The molecule has 126 valence electrons. The van der Waals surface area contributed by atoms with Crippen LogP contribution in [0.5, 0.6) is 0 Å². The van der Waals surface area contributed by atoms with Gasteiger partial charge in [-0.3, -0.25) is 9.59 Å². The zero-order valence-corrected chi connectivity index (χ0v) is 14.4. The summed E-state index contributed by atoms with van der Waals surface area (Å²) in [6, 6.07) is 7.41. The molecule has 0 radical (unpaired) electrons. The molecule has 1 N–H and O–H groups in total. The van der Waals surface area contributed by atoms with E-state index in [0.717, 1.165) is 30.1 Å². The summed E-state index contributed by atoms with van der Waals surface area (Å²) in [5.74, 6) is 0.681. The van der Waals surface area contributed by atoms with Crippen molar-refractivity contribution in [3.63, 3.8) is 0 Å². The van der Waals surface area contributed by atoms with Crippen LogP contribution in [0, 0.1) is 0 Å². The van der Waals surface area contributed by atoms with Gasteiger partial charge in [0.05, 0.1) is 4.88 Å². The second kappa shape index (κ2) is 7.53. The van der Waals surface area contributed by atoms with Gasteiger partial charge in [0.2, 0.25) is 0 Å². The van der Waals surface area contributed by atoms with Crippen LogP contribution in [0.1, 0.15) is 46.3 Å². The summed E-state index contributed by atoms with van der Waals surface area (Å²) < 4.78 is 0. The van der Waals surface area contributed by atoms with E-state index in [2.05, 4.69) is 20.4 Å². The van der Waals surface area contributed by atoms with Crippen molar-refractivity contribution >= 4 is 28.8 Å². The number of rotatable bonds is 6. The Morgan fingerprint density at radius 3 is 2.88 bits per heavy atom. The molecule has 0 saturated carbocycles. The van der Waals surface area contributed by atoms with Gasteiger partial charge in [-0.1, -0.05) is 6.07 Å². The average Bonchev–Trinajstić information content (AvgIpc) is 3.27. The number of carbonyl (C=O) groups is 2. The van der Waals surface area contributed by atoms with Gasteiger partial charge in [-0.25, -0.2) is 0 Å². The van der Waals surface area contributed by atoms with Gasteiger partial charge in [0, 0.05) is 25.6 Å². The molecule has 2 aromatic heterocycles. The van der Waals surface area contributed by atoms with Crippen LogP contribution >= 0.6 is 11.3 Å². The molecular weight excluding hydrogens is 324 g/mol. The predicted octanol–water partition coefficient (Wildman–Crippen LogP) is 2.53. The van der Waals surface area contributed by atoms with E-state index in [1.807, 2.05) is 30.5 Å². The normalized spacial score (nSPS) is 17.0. The van der Waals surface area contributed by atoms with Gasteiger partial charge < -0.3 is 10.2 Å². The smallest absolute Gasteiger partial charge is 0.271 e. The van der Waals surface area contributed by atoms with Crippen LogP contribution in [0.3, 0.4) is 0 Å². The minimum absolute atomic E-state index is 0.143. The van der Waals surface area contributed by atoms with Gasteiger partial charge in [-0.05, 0) is 43.3 Å². The summed E-state index contributed by atoms with van der Waals surface area (Å²) >= 11 is 1.48. The second-order valence-corrected chi connectivity index (χ2v) is 6.68. The number of amides is 1. The molecule has 7 heteroatoms. The maximum Gasteiger partial charge on any atom is 0.271 e. The van der Waals surface area contributed by atoms with Crippen molar-refractivity contribution in [1.82, 2.24) is 15.5 Å². The summed E-state index contributed by atoms with van der Waals surface area (Å²) in [6.07, 6.45) is 2.49. The van der Waals surface area contributed by atoms with Gasteiger partial charge in [0.15, 0.2) is 17.3 Å². The molecule has 0 aliphatic carbocycles. The number of nitrogens with one attached hydrogen (secondary N) is 1. The highest BCUT2D eigenvalue weighted by atomic mass is 32.1. The Morgan fingerprint density at radius 1 is 1.33 bits per heavy atom. The van der Waals surface area contributed by atoms with Gasteiger partial charge in [-0.15, -0.1) is 21.5 Å². The fourth-order valence-corrected chi connectivity index (χ4v) is 3.63. The summed E-state index contributed by atoms with van der Waals surface area (Å²) in [5.41, 5.74) is 0.311. The first kappa shape index (κ1) is 16.6. The monoisotopic (exact) mass is 344 g/mol. The van der Waals surface area contributed by atoms with Crippen LogP contribution in [0.15, 0.2) is 29.6 Å². The molecule has 1 aliphatic heterocycles. The number of nitrogens with zero attached hydrogens (tertiary/aromatic N) is 3. The van der Waals surface area contributed by atoms with Crippen LogP contribution in [0.25, 0.3) is 0 Å². The van der Waals surface area contributed by atoms with Crippen LogP contribution < -0.4 is 10.2 Å². The Bertz CT molecular complexity index is 700. The third kappa shape index (κ3) is 3.62. The largest absolute Gasteiger partial charge is 0.352 e.